The molecule has 4 nitrogen and oxygen atoms in total. The van der Waals surface area contributed by atoms with Gasteiger partial charge in [0.25, 0.3) is 0 Å². The Hall–Kier alpha value is -1.24. The smallest absolute Gasteiger partial charge is 0.322 e. The Morgan fingerprint density at radius 1 is 1.08 bits per heavy atom. The van der Waals surface area contributed by atoms with Crippen molar-refractivity contribution in [2.45, 2.75) is 12.2 Å². The fourth-order valence-corrected chi connectivity index (χ4v) is 1.18. The summed E-state index contributed by atoms with van der Waals surface area (Å²) in [5, 5.41) is 20.9. The third-order valence-corrected chi connectivity index (χ3v) is 1.89. The van der Waals surface area contributed by atoms with Gasteiger partial charge in [-0.25, -0.2) is 0 Å². The maximum absolute atomic E-state index is 12.2. The van der Waals surface area contributed by atoms with E-state index in [0.29, 0.717) is 0 Å². The number of hydrogen-bond acceptors (Lipinski definition) is 4. The first-order chi connectivity index (χ1) is 5.76. The Morgan fingerprint density at radius 2 is 1.54 bits per heavy atom. The molecule has 0 radical (unpaired) electrons. The second-order valence-electron chi connectivity index (χ2n) is 2.75. The van der Waals surface area contributed by atoms with Crippen LogP contribution in [-0.2, 0) is 0 Å². The van der Waals surface area contributed by atoms with Crippen LogP contribution in [-0.4, -0.2) is 29.4 Å². The Bertz CT molecular complexity index is 293. The SMILES string of the molecule is N=C1C(=N)C(N)C(C(F)(F)F)C1=N. The minimum Gasteiger partial charge on any atom is -0.322 e. The summed E-state index contributed by atoms with van der Waals surface area (Å²) in [4.78, 5) is 0. The normalized spacial score (nSPS) is 30.0. The summed E-state index contributed by atoms with van der Waals surface area (Å²) >= 11 is 0. The number of nitrogens with one attached hydrogen (secondary N) is 3. The summed E-state index contributed by atoms with van der Waals surface area (Å²) in [6.07, 6.45) is -4.65. The van der Waals surface area contributed by atoms with E-state index in [1.807, 2.05) is 0 Å². The minimum absolute atomic E-state index is 0.618. The van der Waals surface area contributed by atoms with Crippen LogP contribution < -0.4 is 5.73 Å². The number of alkyl halides is 3. The summed E-state index contributed by atoms with van der Waals surface area (Å²) < 4.78 is 36.6. The van der Waals surface area contributed by atoms with Crippen LogP contribution in [0, 0.1) is 22.1 Å². The van der Waals surface area contributed by atoms with Gasteiger partial charge in [-0.3, -0.25) is 5.41 Å². The maximum atomic E-state index is 12.2. The fraction of sp³-hybridized carbons (Fsp3) is 0.500. The largest absolute Gasteiger partial charge is 0.399 e. The van der Waals surface area contributed by atoms with E-state index in [0.717, 1.165) is 0 Å². The number of hydrogen-bond donors (Lipinski definition) is 4. The molecule has 1 rings (SSSR count). The zero-order valence-corrected chi connectivity index (χ0v) is 6.37. The predicted octanol–water partition coefficient (Wildman–Crippen LogP) is 0.565. The molecule has 0 spiro atoms. The lowest BCUT2D eigenvalue weighted by molar-refractivity contribution is -0.155. The third kappa shape index (κ3) is 1.35. The first-order valence-corrected chi connectivity index (χ1v) is 3.35. The minimum atomic E-state index is -4.65. The predicted molar refractivity (Wildman–Crippen MR) is 40.7 cm³/mol. The van der Waals surface area contributed by atoms with Crippen molar-refractivity contribution in [1.82, 2.24) is 0 Å². The van der Waals surface area contributed by atoms with Crippen molar-refractivity contribution in [2.24, 2.45) is 11.7 Å². The Kier molecular flexibility index (Phi) is 1.99. The van der Waals surface area contributed by atoms with Crippen LogP contribution in [0.3, 0.4) is 0 Å². The fourth-order valence-electron chi connectivity index (χ4n) is 1.18. The van der Waals surface area contributed by atoms with Gasteiger partial charge in [0.05, 0.1) is 23.2 Å². The van der Waals surface area contributed by atoms with Gasteiger partial charge in [0.2, 0.25) is 0 Å². The van der Waals surface area contributed by atoms with Crippen LogP contribution in [0.5, 0.6) is 0 Å². The lowest BCUT2D eigenvalue weighted by atomic mass is 10.0. The highest BCUT2D eigenvalue weighted by Gasteiger charge is 2.53. The van der Waals surface area contributed by atoms with Gasteiger partial charge in [-0.05, 0) is 0 Å². The second kappa shape index (κ2) is 2.63. The van der Waals surface area contributed by atoms with Crippen LogP contribution in [0.2, 0.25) is 0 Å². The van der Waals surface area contributed by atoms with Gasteiger partial charge in [-0.1, -0.05) is 0 Å². The maximum Gasteiger partial charge on any atom is 0.399 e. The molecule has 7 heteroatoms. The molecular formula is C6H7F3N4. The van der Waals surface area contributed by atoms with E-state index >= 15 is 0 Å². The summed E-state index contributed by atoms with van der Waals surface area (Å²) in [6.45, 7) is 0. The zero-order chi connectivity index (χ0) is 10.4. The number of halogens is 3. The van der Waals surface area contributed by atoms with Crippen LogP contribution in [0.15, 0.2) is 0 Å². The first-order valence-electron chi connectivity index (χ1n) is 3.35. The van der Waals surface area contributed by atoms with Gasteiger partial charge in [-0.15, -0.1) is 0 Å². The van der Waals surface area contributed by atoms with Crippen LogP contribution in [0.1, 0.15) is 0 Å². The topological polar surface area (TPSA) is 97.6 Å². The zero-order valence-electron chi connectivity index (χ0n) is 6.37. The van der Waals surface area contributed by atoms with Crippen molar-refractivity contribution in [2.75, 3.05) is 0 Å². The van der Waals surface area contributed by atoms with Crippen LogP contribution in [0.25, 0.3) is 0 Å². The molecule has 0 saturated heterocycles. The third-order valence-electron chi connectivity index (χ3n) is 1.89. The van der Waals surface area contributed by atoms with Crippen LogP contribution in [0.4, 0.5) is 13.2 Å². The van der Waals surface area contributed by atoms with E-state index in [2.05, 4.69) is 0 Å². The van der Waals surface area contributed by atoms with Gasteiger partial charge < -0.3 is 16.6 Å². The van der Waals surface area contributed by atoms with Crippen molar-refractivity contribution in [3.63, 3.8) is 0 Å². The van der Waals surface area contributed by atoms with Gasteiger partial charge in [-0.2, -0.15) is 13.2 Å². The number of nitrogens with two attached hydrogens (primary N) is 1. The molecule has 2 atom stereocenters. The van der Waals surface area contributed by atoms with Gasteiger partial charge in [0, 0.05) is 0 Å². The van der Waals surface area contributed by atoms with Crippen LogP contribution >= 0.6 is 0 Å². The lowest BCUT2D eigenvalue weighted by Gasteiger charge is -2.17. The molecule has 13 heavy (non-hydrogen) atoms. The van der Waals surface area contributed by atoms with Crippen molar-refractivity contribution in [1.29, 1.82) is 16.2 Å². The summed E-state index contributed by atoms with van der Waals surface area (Å²) in [5.41, 5.74) is 2.82. The average molecular weight is 192 g/mol. The molecular weight excluding hydrogens is 185 g/mol. The van der Waals surface area contributed by atoms with Crippen molar-refractivity contribution >= 4 is 17.1 Å². The first kappa shape index (κ1) is 9.85. The van der Waals surface area contributed by atoms with E-state index in [4.69, 9.17) is 22.0 Å². The van der Waals surface area contributed by atoms with Gasteiger partial charge in [0.1, 0.15) is 5.92 Å². The van der Waals surface area contributed by atoms with Crippen molar-refractivity contribution in [3.05, 3.63) is 0 Å². The average Bonchev–Trinajstić information content (AvgIpc) is 2.14. The molecule has 0 bridgehead atoms. The molecule has 0 aromatic rings. The number of rotatable bonds is 0. The molecule has 5 N–H and O–H groups in total. The van der Waals surface area contributed by atoms with E-state index in [-0.39, 0.29) is 0 Å². The monoisotopic (exact) mass is 192 g/mol. The molecule has 1 aliphatic rings. The molecule has 0 heterocycles. The molecule has 72 valence electrons. The van der Waals surface area contributed by atoms with Crippen molar-refractivity contribution < 1.29 is 13.2 Å². The van der Waals surface area contributed by atoms with Gasteiger partial charge in [0.15, 0.2) is 0 Å². The lowest BCUT2D eigenvalue weighted by Crippen LogP contribution is -2.41. The molecule has 1 fully saturated rings. The molecule has 0 aromatic carbocycles. The Morgan fingerprint density at radius 3 is 1.69 bits per heavy atom. The van der Waals surface area contributed by atoms with E-state index in [1.54, 1.807) is 0 Å². The highest BCUT2D eigenvalue weighted by molar-refractivity contribution is 6.71. The molecule has 1 saturated carbocycles. The Labute approximate surface area is 71.5 Å². The summed E-state index contributed by atoms with van der Waals surface area (Å²) in [7, 11) is 0. The second-order valence-corrected chi connectivity index (χ2v) is 2.75. The highest BCUT2D eigenvalue weighted by Crippen LogP contribution is 2.33. The summed E-state index contributed by atoms with van der Waals surface area (Å²) in [5.74, 6) is -2.19. The molecule has 0 aromatic heterocycles. The van der Waals surface area contributed by atoms with Crippen molar-refractivity contribution in [3.8, 4) is 0 Å². The standard InChI is InChI=1S/C6H7F3N4/c7-6(8,9)1-2(10)4(12)5(13)3(1)11/h1-2,11-13H,10H2. The molecule has 2 unspecified atom stereocenters. The van der Waals surface area contributed by atoms with E-state index < -0.39 is 35.3 Å². The molecule has 0 aliphatic heterocycles. The van der Waals surface area contributed by atoms with Gasteiger partial charge >= 0.3 is 6.18 Å². The summed E-state index contributed by atoms with van der Waals surface area (Å²) in [6, 6.07) is -1.60. The molecule has 0 amide bonds. The van der Waals surface area contributed by atoms with E-state index in [9.17, 15) is 13.2 Å². The highest BCUT2D eigenvalue weighted by atomic mass is 19.4. The van der Waals surface area contributed by atoms with E-state index in [1.165, 1.54) is 0 Å². The molecule has 1 aliphatic carbocycles. The Balaban J connectivity index is 3.09. The quantitative estimate of drug-likeness (QED) is 0.443.